The summed E-state index contributed by atoms with van der Waals surface area (Å²) in [7, 11) is 0. The van der Waals surface area contributed by atoms with Gasteiger partial charge in [-0.05, 0) is 48.8 Å². The van der Waals surface area contributed by atoms with Crippen LogP contribution in [0.1, 0.15) is 40.0 Å². The van der Waals surface area contributed by atoms with Crippen molar-refractivity contribution in [2.75, 3.05) is 5.32 Å². The molecule has 2 aliphatic rings. The van der Waals surface area contributed by atoms with Gasteiger partial charge in [-0.3, -0.25) is 0 Å². The number of hydrogen-bond acceptors (Lipinski definition) is 2. The minimum atomic E-state index is 0.312. The molecule has 1 aliphatic carbocycles. The smallest absolute Gasteiger partial charge is 0.143 e. The molecule has 0 bridgehead atoms. The van der Waals surface area contributed by atoms with Gasteiger partial charge in [-0.15, -0.1) is 0 Å². The summed E-state index contributed by atoms with van der Waals surface area (Å²) >= 11 is 6.06. The first-order chi connectivity index (χ1) is 8.93. The number of rotatable bonds is 0. The van der Waals surface area contributed by atoms with Crippen molar-refractivity contribution in [3.05, 3.63) is 23.2 Å². The Morgan fingerprint density at radius 2 is 2.05 bits per heavy atom. The quantitative estimate of drug-likeness (QED) is 0.741. The number of nitrogens with one attached hydrogen (secondary N) is 1. The van der Waals surface area contributed by atoms with Gasteiger partial charge in [-0.1, -0.05) is 32.4 Å². The Hall–Kier alpha value is -0.890. The largest absolute Gasteiger partial charge is 0.486 e. The van der Waals surface area contributed by atoms with Gasteiger partial charge in [0.15, 0.2) is 0 Å². The van der Waals surface area contributed by atoms with Crippen LogP contribution in [0.5, 0.6) is 5.75 Å². The van der Waals surface area contributed by atoms with Crippen LogP contribution in [-0.4, -0.2) is 12.1 Å². The maximum Gasteiger partial charge on any atom is 0.143 e. The zero-order chi connectivity index (χ0) is 13.6. The van der Waals surface area contributed by atoms with Gasteiger partial charge in [0, 0.05) is 5.02 Å². The number of ether oxygens (including phenoxy) is 1. The van der Waals surface area contributed by atoms with Crippen LogP contribution in [0.2, 0.25) is 5.02 Å². The summed E-state index contributed by atoms with van der Waals surface area (Å²) in [5.74, 6) is 1.70. The number of hydrogen-bond donors (Lipinski definition) is 1. The van der Waals surface area contributed by atoms with E-state index in [1.165, 1.54) is 12.8 Å². The lowest BCUT2D eigenvalue weighted by Crippen LogP contribution is -2.47. The standard InChI is InChI=1S/C16H22ClNO/c1-16(2,3)10-4-6-14-12(8-10)18-13-9-11(17)5-7-15(13)19-14/h5,7,9-10,12,14,18H,4,6,8H2,1-3H3. The Kier molecular flexibility index (Phi) is 3.17. The molecule has 3 atom stereocenters. The van der Waals surface area contributed by atoms with Crippen molar-refractivity contribution >= 4 is 17.3 Å². The Morgan fingerprint density at radius 1 is 1.26 bits per heavy atom. The maximum absolute atomic E-state index is 6.13. The zero-order valence-electron chi connectivity index (χ0n) is 11.9. The first kappa shape index (κ1) is 13.1. The normalized spacial score (nSPS) is 29.8. The molecule has 0 radical (unpaired) electrons. The predicted molar refractivity (Wildman–Crippen MR) is 80.1 cm³/mol. The fourth-order valence-electron chi connectivity index (χ4n) is 3.30. The minimum Gasteiger partial charge on any atom is -0.486 e. The SMILES string of the molecule is CC(C)(C)C1CCC2Oc3ccc(Cl)cc3NC2C1. The van der Waals surface area contributed by atoms with E-state index in [0.717, 1.165) is 28.8 Å². The molecule has 1 fully saturated rings. The Morgan fingerprint density at radius 3 is 2.79 bits per heavy atom. The lowest BCUT2D eigenvalue weighted by atomic mass is 9.70. The fourth-order valence-corrected chi connectivity index (χ4v) is 3.47. The van der Waals surface area contributed by atoms with Crippen LogP contribution in [0.25, 0.3) is 0 Å². The van der Waals surface area contributed by atoms with E-state index in [-0.39, 0.29) is 0 Å². The molecule has 3 rings (SSSR count). The Bertz CT molecular complexity index is 480. The number of anilines is 1. The summed E-state index contributed by atoms with van der Waals surface area (Å²) < 4.78 is 6.13. The van der Waals surface area contributed by atoms with Gasteiger partial charge in [-0.2, -0.15) is 0 Å². The maximum atomic E-state index is 6.13. The number of benzene rings is 1. The molecule has 1 heterocycles. The summed E-state index contributed by atoms with van der Waals surface area (Å²) in [6, 6.07) is 6.25. The van der Waals surface area contributed by atoms with Gasteiger partial charge in [0.25, 0.3) is 0 Å². The highest BCUT2D eigenvalue weighted by Gasteiger charge is 2.39. The van der Waals surface area contributed by atoms with E-state index < -0.39 is 0 Å². The third-order valence-electron chi connectivity index (χ3n) is 4.57. The van der Waals surface area contributed by atoms with Crippen LogP contribution in [0, 0.1) is 11.3 Å². The highest BCUT2D eigenvalue weighted by atomic mass is 35.5. The first-order valence-electron chi connectivity index (χ1n) is 7.16. The highest BCUT2D eigenvalue weighted by molar-refractivity contribution is 6.30. The second kappa shape index (κ2) is 4.59. The zero-order valence-corrected chi connectivity index (χ0v) is 12.6. The third-order valence-corrected chi connectivity index (χ3v) is 4.81. The molecule has 2 nitrogen and oxygen atoms in total. The molecule has 0 amide bonds. The molecule has 1 aromatic rings. The summed E-state index contributed by atoms with van der Waals surface area (Å²) in [5.41, 5.74) is 1.42. The predicted octanol–water partition coefficient (Wildman–Crippen LogP) is 4.73. The van der Waals surface area contributed by atoms with Crippen molar-refractivity contribution in [1.29, 1.82) is 0 Å². The molecule has 0 saturated heterocycles. The van der Waals surface area contributed by atoms with Crippen LogP contribution >= 0.6 is 11.6 Å². The van der Waals surface area contributed by atoms with Crippen molar-refractivity contribution in [1.82, 2.24) is 0 Å². The molecule has 1 aliphatic heterocycles. The molecular weight excluding hydrogens is 258 g/mol. The van der Waals surface area contributed by atoms with Gasteiger partial charge >= 0.3 is 0 Å². The van der Waals surface area contributed by atoms with Gasteiger partial charge in [0.2, 0.25) is 0 Å². The molecule has 1 N–H and O–H groups in total. The molecule has 0 spiro atoms. The van der Waals surface area contributed by atoms with E-state index in [4.69, 9.17) is 16.3 Å². The van der Waals surface area contributed by atoms with Crippen LogP contribution in [-0.2, 0) is 0 Å². The van der Waals surface area contributed by atoms with Crippen LogP contribution in [0.4, 0.5) is 5.69 Å². The summed E-state index contributed by atoms with van der Waals surface area (Å²) in [4.78, 5) is 0. The van der Waals surface area contributed by atoms with E-state index in [9.17, 15) is 0 Å². The number of fused-ring (bicyclic) bond motifs is 2. The van der Waals surface area contributed by atoms with Crippen LogP contribution in [0.15, 0.2) is 18.2 Å². The Balaban J connectivity index is 1.80. The second-order valence-corrected chi connectivity index (χ2v) is 7.36. The average Bonchev–Trinajstić information content (AvgIpc) is 2.34. The minimum absolute atomic E-state index is 0.312. The van der Waals surface area contributed by atoms with Crippen molar-refractivity contribution < 1.29 is 4.74 Å². The van der Waals surface area contributed by atoms with E-state index in [1.807, 2.05) is 18.2 Å². The Labute approximate surface area is 120 Å². The second-order valence-electron chi connectivity index (χ2n) is 6.92. The molecule has 104 valence electrons. The molecular formula is C16H22ClNO. The van der Waals surface area contributed by atoms with E-state index >= 15 is 0 Å². The van der Waals surface area contributed by atoms with E-state index in [0.29, 0.717) is 17.6 Å². The van der Waals surface area contributed by atoms with Crippen molar-refractivity contribution in [2.45, 2.75) is 52.2 Å². The third kappa shape index (κ3) is 2.55. The summed E-state index contributed by atoms with van der Waals surface area (Å²) in [5, 5.41) is 4.39. The van der Waals surface area contributed by atoms with Crippen LogP contribution in [0.3, 0.4) is 0 Å². The number of halogens is 1. The first-order valence-corrected chi connectivity index (χ1v) is 7.54. The molecule has 1 aromatic carbocycles. The molecule has 3 unspecified atom stereocenters. The lowest BCUT2D eigenvalue weighted by Gasteiger charge is -2.44. The van der Waals surface area contributed by atoms with Gasteiger partial charge in [-0.25, -0.2) is 0 Å². The molecule has 3 heteroatoms. The van der Waals surface area contributed by atoms with Gasteiger partial charge in [0.1, 0.15) is 11.9 Å². The van der Waals surface area contributed by atoms with Crippen LogP contribution < -0.4 is 10.1 Å². The van der Waals surface area contributed by atoms with Crippen molar-refractivity contribution in [2.24, 2.45) is 11.3 Å². The van der Waals surface area contributed by atoms with Gasteiger partial charge < -0.3 is 10.1 Å². The van der Waals surface area contributed by atoms with E-state index in [2.05, 4.69) is 26.1 Å². The molecule has 1 saturated carbocycles. The molecule has 0 aromatic heterocycles. The molecule has 19 heavy (non-hydrogen) atoms. The fraction of sp³-hybridized carbons (Fsp3) is 0.625. The average molecular weight is 280 g/mol. The van der Waals surface area contributed by atoms with E-state index in [1.54, 1.807) is 0 Å². The highest BCUT2D eigenvalue weighted by Crippen LogP contribution is 2.43. The summed E-state index contributed by atoms with van der Waals surface area (Å²) in [6.07, 6.45) is 3.89. The lowest BCUT2D eigenvalue weighted by molar-refractivity contribution is 0.0700. The monoisotopic (exact) mass is 279 g/mol. The van der Waals surface area contributed by atoms with Gasteiger partial charge in [0.05, 0.1) is 11.7 Å². The summed E-state index contributed by atoms with van der Waals surface area (Å²) in [6.45, 7) is 7.02. The van der Waals surface area contributed by atoms with Crippen molar-refractivity contribution in [3.8, 4) is 5.75 Å². The topological polar surface area (TPSA) is 21.3 Å². The van der Waals surface area contributed by atoms with Crippen molar-refractivity contribution in [3.63, 3.8) is 0 Å².